The molecule has 0 bridgehead atoms. The first-order valence-electron chi connectivity index (χ1n) is 11.6. The highest BCUT2D eigenvalue weighted by molar-refractivity contribution is 4.81. The molecule has 0 spiro atoms. The molecule has 0 aliphatic carbocycles. The van der Waals surface area contributed by atoms with Crippen LogP contribution in [0.25, 0.3) is 0 Å². The van der Waals surface area contributed by atoms with E-state index < -0.39 is 0 Å². The molecule has 0 aromatic heterocycles. The van der Waals surface area contributed by atoms with Crippen molar-refractivity contribution < 1.29 is 0 Å². The minimum atomic E-state index is 1.31. The fourth-order valence-corrected chi connectivity index (χ4v) is 3.38. The van der Waals surface area contributed by atoms with Crippen LogP contribution in [0.2, 0.25) is 0 Å². The highest BCUT2D eigenvalue weighted by atomic mass is 14.0. The van der Waals surface area contributed by atoms with E-state index in [4.69, 9.17) is 0 Å². The summed E-state index contributed by atoms with van der Waals surface area (Å²) in [4.78, 5) is 0. The lowest BCUT2D eigenvalue weighted by Crippen LogP contribution is -1.81. The van der Waals surface area contributed by atoms with Gasteiger partial charge >= 0.3 is 0 Å². The molecule has 0 unspecified atom stereocenters. The average Bonchev–Trinajstić information content (AvgIpc) is 2.60. The fourth-order valence-electron chi connectivity index (χ4n) is 3.38. The number of hydrogen-bond donors (Lipinski definition) is 0. The monoisotopic (exact) mass is 336 g/mol. The standard InChI is InChI=1S/C24H48/c1-3-5-7-9-11-13-15-17-19-21-23-24-22-20-18-16-14-12-10-8-6-4-2/h21,23H,3-20,22,24H2,1-2H3. The summed E-state index contributed by atoms with van der Waals surface area (Å²) in [5.41, 5.74) is 0. The summed E-state index contributed by atoms with van der Waals surface area (Å²) in [6, 6.07) is 0. The van der Waals surface area contributed by atoms with Gasteiger partial charge in [0.1, 0.15) is 0 Å². The van der Waals surface area contributed by atoms with Crippen LogP contribution in [0.3, 0.4) is 0 Å². The maximum Gasteiger partial charge on any atom is -0.0351 e. The van der Waals surface area contributed by atoms with Gasteiger partial charge in [0.2, 0.25) is 0 Å². The van der Waals surface area contributed by atoms with Crippen molar-refractivity contribution in [1.82, 2.24) is 0 Å². The van der Waals surface area contributed by atoms with Crippen LogP contribution < -0.4 is 0 Å². The molecule has 24 heavy (non-hydrogen) atoms. The van der Waals surface area contributed by atoms with Crippen molar-refractivity contribution in [3.63, 3.8) is 0 Å². The van der Waals surface area contributed by atoms with Crippen LogP contribution in [0.1, 0.15) is 142 Å². The van der Waals surface area contributed by atoms with Crippen molar-refractivity contribution >= 4 is 0 Å². The second-order valence-corrected chi connectivity index (χ2v) is 7.71. The maximum atomic E-state index is 2.44. The number of hydrogen-bond acceptors (Lipinski definition) is 0. The largest absolute Gasteiger partial charge is 0.0885 e. The first-order chi connectivity index (χ1) is 11.9. The topological polar surface area (TPSA) is 0 Å². The Morgan fingerprint density at radius 3 is 0.875 bits per heavy atom. The van der Waals surface area contributed by atoms with Gasteiger partial charge in [0.15, 0.2) is 0 Å². The molecule has 0 aromatic rings. The Morgan fingerprint density at radius 1 is 0.333 bits per heavy atom. The summed E-state index contributed by atoms with van der Waals surface area (Å²) in [5.74, 6) is 0. The van der Waals surface area contributed by atoms with Crippen molar-refractivity contribution in [2.75, 3.05) is 0 Å². The molecule has 0 N–H and O–H groups in total. The average molecular weight is 337 g/mol. The molecule has 0 fully saturated rings. The first-order valence-corrected chi connectivity index (χ1v) is 11.6. The zero-order valence-electron chi connectivity index (χ0n) is 17.3. The van der Waals surface area contributed by atoms with E-state index in [1.807, 2.05) is 0 Å². The summed E-state index contributed by atoms with van der Waals surface area (Å²) in [5, 5.41) is 0. The van der Waals surface area contributed by atoms with Crippen LogP contribution in [-0.2, 0) is 0 Å². The van der Waals surface area contributed by atoms with Gasteiger partial charge < -0.3 is 0 Å². The molecule has 0 aromatic carbocycles. The van der Waals surface area contributed by atoms with Crippen molar-refractivity contribution in [3.05, 3.63) is 12.2 Å². The van der Waals surface area contributed by atoms with Gasteiger partial charge in [-0.2, -0.15) is 0 Å². The van der Waals surface area contributed by atoms with Crippen molar-refractivity contribution in [1.29, 1.82) is 0 Å². The third kappa shape index (κ3) is 21.7. The van der Waals surface area contributed by atoms with Crippen LogP contribution in [0.15, 0.2) is 12.2 Å². The lowest BCUT2D eigenvalue weighted by atomic mass is 10.1. The molecule has 0 heteroatoms. The Bertz CT molecular complexity index is 228. The summed E-state index contributed by atoms with van der Waals surface area (Å²) < 4.78 is 0. The maximum absolute atomic E-state index is 2.44. The zero-order valence-corrected chi connectivity index (χ0v) is 17.3. The van der Waals surface area contributed by atoms with Gasteiger partial charge in [-0.25, -0.2) is 0 Å². The molecule has 0 nitrogen and oxygen atoms in total. The fraction of sp³-hybridized carbons (Fsp3) is 0.917. The molecular weight excluding hydrogens is 288 g/mol. The van der Waals surface area contributed by atoms with E-state index in [-0.39, 0.29) is 0 Å². The Hall–Kier alpha value is -0.260. The number of rotatable bonds is 20. The van der Waals surface area contributed by atoms with Gasteiger partial charge in [-0.3, -0.25) is 0 Å². The van der Waals surface area contributed by atoms with Gasteiger partial charge in [-0.15, -0.1) is 0 Å². The van der Waals surface area contributed by atoms with Crippen molar-refractivity contribution in [2.45, 2.75) is 142 Å². The molecule has 0 aliphatic rings. The third-order valence-corrected chi connectivity index (χ3v) is 5.12. The van der Waals surface area contributed by atoms with Gasteiger partial charge in [0.05, 0.1) is 0 Å². The molecule has 0 rings (SSSR count). The molecule has 0 atom stereocenters. The SMILES string of the molecule is CCCCCCCCCCC=CCCCCCCCCCCCC. The van der Waals surface area contributed by atoms with Crippen LogP contribution in [-0.4, -0.2) is 0 Å². The smallest absolute Gasteiger partial charge is 0.0351 e. The van der Waals surface area contributed by atoms with E-state index >= 15 is 0 Å². The van der Waals surface area contributed by atoms with Crippen LogP contribution in [0.4, 0.5) is 0 Å². The van der Waals surface area contributed by atoms with Crippen molar-refractivity contribution in [2.24, 2.45) is 0 Å². The van der Waals surface area contributed by atoms with E-state index in [0.29, 0.717) is 0 Å². The Kier molecular flexibility index (Phi) is 22.5. The molecule has 0 aliphatic heterocycles. The predicted octanol–water partition coefficient (Wildman–Crippen LogP) is 9.38. The first kappa shape index (κ1) is 23.7. The molecule has 0 saturated heterocycles. The van der Waals surface area contributed by atoms with E-state index in [0.717, 1.165) is 0 Å². The molecule has 144 valence electrons. The van der Waals surface area contributed by atoms with Crippen molar-refractivity contribution in [3.8, 4) is 0 Å². The number of unbranched alkanes of at least 4 members (excludes halogenated alkanes) is 18. The molecule has 0 heterocycles. The third-order valence-electron chi connectivity index (χ3n) is 5.12. The quantitative estimate of drug-likeness (QED) is 0.153. The molecular formula is C24H48. The summed E-state index contributed by atoms with van der Waals surface area (Å²) in [7, 11) is 0. The second kappa shape index (κ2) is 22.7. The van der Waals surface area contributed by atoms with Gasteiger partial charge in [0.25, 0.3) is 0 Å². The van der Waals surface area contributed by atoms with Crippen LogP contribution >= 0.6 is 0 Å². The highest BCUT2D eigenvalue weighted by Gasteiger charge is 1.92. The van der Waals surface area contributed by atoms with Crippen LogP contribution in [0.5, 0.6) is 0 Å². The Balaban J connectivity index is 3.03. The second-order valence-electron chi connectivity index (χ2n) is 7.71. The van der Waals surface area contributed by atoms with E-state index in [1.54, 1.807) is 0 Å². The Labute approximate surface area is 154 Å². The van der Waals surface area contributed by atoms with E-state index in [9.17, 15) is 0 Å². The summed E-state index contributed by atoms with van der Waals surface area (Å²) in [6.45, 7) is 4.59. The molecule has 0 radical (unpaired) electrons. The minimum Gasteiger partial charge on any atom is -0.0885 e. The lowest BCUT2D eigenvalue weighted by molar-refractivity contribution is 0.557. The molecule has 0 saturated carbocycles. The number of allylic oxidation sites excluding steroid dienone is 2. The van der Waals surface area contributed by atoms with E-state index in [2.05, 4.69) is 26.0 Å². The Morgan fingerprint density at radius 2 is 0.583 bits per heavy atom. The molecule has 0 amide bonds. The highest BCUT2D eigenvalue weighted by Crippen LogP contribution is 2.12. The lowest BCUT2D eigenvalue weighted by Gasteiger charge is -2.01. The summed E-state index contributed by atoms with van der Waals surface area (Å²) in [6.07, 6.45) is 33.4. The van der Waals surface area contributed by atoms with Gasteiger partial charge in [-0.05, 0) is 25.7 Å². The summed E-state index contributed by atoms with van der Waals surface area (Å²) >= 11 is 0. The van der Waals surface area contributed by atoms with Crippen LogP contribution in [0, 0.1) is 0 Å². The zero-order chi connectivity index (χ0) is 17.6. The minimum absolute atomic E-state index is 1.31. The van der Waals surface area contributed by atoms with Gasteiger partial charge in [0, 0.05) is 0 Å². The van der Waals surface area contributed by atoms with Gasteiger partial charge in [-0.1, -0.05) is 129 Å². The normalized spacial score (nSPS) is 11.6. The predicted molar refractivity (Wildman–Crippen MR) is 113 cm³/mol. The van der Waals surface area contributed by atoms with E-state index in [1.165, 1.54) is 128 Å².